The van der Waals surface area contributed by atoms with Crippen LogP contribution in [-0.2, 0) is 0 Å². The van der Waals surface area contributed by atoms with Crippen molar-refractivity contribution in [2.24, 2.45) is 0 Å². The van der Waals surface area contributed by atoms with Crippen molar-refractivity contribution in [3.8, 4) is 0 Å². The van der Waals surface area contributed by atoms with Crippen molar-refractivity contribution in [1.82, 2.24) is 9.88 Å². The van der Waals surface area contributed by atoms with E-state index in [4.69, 9.17) is 4.98 Å². The molecule has 6 heteroatoms. The molecule has 0 aliphatic carbocycles. The van der Waals surface area contributed by atoms with Crippen LogP contribution in [-0.4, -0.2) is 43.0 Å². The van der Waals surface area contributed by atoms with Gasteiger partial charge in [-0.2, -0.15) is 0 Å². The first-order chi connectivity index (χ1) is 12.0. The Hall–Kier alpha value is -1.95. The van der Waals surface area contributed by atoms with Gasteiger partial charge in [-0.05, 0) is 51.7 Å². The van der Waals surface area contributed by atoms with Crippen LogP contribution in [0.15, 0.2) is 42.5 Å². The molecule has 3 rings (SSSR count). The number of thiazole rings is 1. The second-order valence-corrected chi connectivity index (χ2v) is 7.55. The summed E-state index contributed by atoms with van der Waals surface area (Å²) in [5.41, 5.74) is 3.96. The van der Waals surface area contributed by atoms with Gasteiger partial charge in [0.15, 0.2) is 5.13 Å². The summed E-state index contributed by atoms with van der Waals surface area (Å²) in [6, 6.07) is 13.9. The van der Waals surface area contributed by atoms with E-state index in [1.54, 1.807) is 16.2 Å². The zero-order valence-electron chi connectivity index (χ0n) is 15.5. The van der Waals surface area contributed by atoms with Crippen LogP contribution >= 0.6 is 23.7 Å². The number of hydrogen-bond donors (Lipinski definition) is 0. The van der Waals surface area contributed by atoms with E-state index in [0.717, 1.165) is 33.0 Å². The highest BCUT2D eigenvalue weighted by atomic mass is 35.5. The average molecular weight is 390 g/mol. The van der Waals surface area contributed by atoms with E-state index in [9.17, 15) is 4.79 Å². The summed E-state index contributed by atoms with van der Waals surface area (Å²) in [6.07, 6.45) is 0. The van der Waals surface area contributed by atoms with Crippen LogP contribution in [0.3, 0.4) is 0 Å². The van der Waals surface area contributed by atoms with Gasteiger partial charge in [-0.1, -0.05) is 41.2 Å². The normalized spacial score (nSPS) is 10.8. The van der Waals surface area contributed by atoms with Crippen LogP contribution in [0.5, 0.6) is 0 Å². The number of aryl methyl sites for hydroxylation is 2. The molecule has 0 atom stereocenters. The molecule has 26 heavy (non-hydrogen) atoms. The Morgan fingerprint density at radius 2 is 1.73 bits per heavy atom. The molecule has 0 saturated carbocycles. The number of benzene rings is 2. The monoisotopic (exact) mass is 389 g/mol. The minimum Gasteiger partial charge on any atom is -0.308 e. The molecule has 0 spiro atoms. The molecule has 0 bridgehead atoms. The first-order valence-corrected chi connectivity index (χ1v) is 9.17. The van der Waals surface area contributed by atoms with Gasteiger partial charge >= 0.3 is 0 Å². The summed E-state index contributed by atoms with van der Waals surface area (Å²) in [5.74, 6) is -0.00133. The summed E-state index contributed by atoms with van der Waals surface area (Å²) < 4.78 is 1.11. The van der Waals surface area contributed by atoms with Gasteiger partial charge in [0.25, 0.3) is 5.91 Å². The number of amides is 1. The predicted octanol–water partition coefficient (Wildman–Crippen LogP) is 4.54. The van der Waals surface area contributed by atoms with Gasteiger partial charge in [-0.3, -0.25) is 9.69 Å². The molecule has 2 aromatic carbocycles. The number of carbonyl (C=O) groups excluding carboxylic acids is 1. The summed E-state index contributed by atoms with van der Waals surface area (Å²) in [5, 5.41) is 0.761. The van der Waals surface area contributed by atoms with E-state index >= 15 is 0 Å². The molecule has 0 unspecified atom stereocenters. The van der Waals surface area contributed by atoms with E-state index in [0.29, 0.717) is 12.1 Å². The van der Waals surface area contributed by atoms with Crippen LogP contribution in [0.1, 0.15) is 21.5 Å². The first-order valence-electron chi connectivity index (χ1n) is 8.35. The quantitative estimate of drug-likeness (QED) is 0.642. The highest BCUT2D eigenvalue weighted by molar-refractivity contribution is 7.22. The van der Waals surface area contributed by atoms with Gasteiger partial charge in [-0.25, -0.2) is 4.98 Å². The maximum atomic E-state index is 13.1. The molecular weight excluding hydrogens is 366 g/mol. The molecule has 0 aliphatic rings. The van der Waals surface area contributed by atoms with E-state index < -0.39 is 0 Å². The lowest BCUT2D eigenvalue weighted by Gasteiger charge is -2.22. The lowest BCUT2D eigenvalue weighted by molar-refractivity contribution is 0.0985. The Bertz CT molecular complexity index is 890. The van der Waals surface area contributed by atoms with Crippen molar-refractivity contribution >= 4 is 45.0 Å². The topological polar surface area (TPSA) is 36.4 Å². The molecule has 0 N–H and O–H groups in total. The summed E-state index contributed by atoms with van der Waals surface area (Å²) in [4.78, 5) is 21.7. The van der Waals surface area contributed by atoms with Gasteiger partial charge in [0.05, 0.1) is 10.2 Å². The zero-order chi connectivity index (χ0) is 18.0. The van der Waals surface area contributed by atoms with E-state index in [1.165, 1.54) is 0 Å². The smallest absolute Gasteiger partial charge is 0.260 e. The Kier molecular flexibility index (Phi) is 6.75. The minimum atomic E-state index is -0.00133. The van der Waals surface area contributed by atoms with Gasteiger partial charge in [0.1, 0.15) is 0 Å². The number of rotatable bonds is 5. The summed E-state index contributed by atoms with van der Waals surface area (Å²) >= 11 is 1.57. The maximum Gasteiger partial charge on any atom is 0.260 e. The fourth-order valence-electron chi connectivity index (χ4n) is 2.63. The molecule has 3 aromatic rings. The van der Waals surface area contributed by atoms with Crippen LogP contribution in [0, 0.1) is 13.8 Å². The van der Waals surface area contributed by atoms with E-state index in [-0.39, 0.29) is 18.3 Å². The molecule has 138 valence electrons. The minimum absolute atomic E-state index is 0. The van der Waals surface area contributed by atoms with E-state index in [1.807, 2.05) is 51.4 Å². The Morgan fingerprint density at radius 3 is 2.35 bits per heavy atom. The highest BCUT2D eigenvalue weighted by Crippen LogP contribution is 2.31. The second-order valence-electron chi connectivity index (χ2n) is 6.54. The molecule has 1 heterocycles. The van der Waals surface area contributed by atoms with Crippen molar-refractivity contribution in [1.29, 1.82) is 0 Å². The van der Waals surface area contributed by atoms with Crippen molar-refractivity contribution in [3.63, 3.8) is 0 Å². The number of aromatic nitrogens is 1. The summed E-state index contributed by atoms with van der Waals surface area (Å²) in [7, 11) is 4.02. The number of halogens is 1. The van der Waals surface area contributed by atoms with Crippen LogP contribution < -0.4 is 4.90 Å². The van der Waals surface area contributed by atoms with Crippen molar-refractivity contribution in [2.45, 2.75) is 13.8 Å². The van der Waals surface area contributed by atoms with Gasteiger partial charge in [0, 0.05) is 18.7 Å². The lowest BCUT2D eigenvalue weighted by atomic mass is 10.1. The van der Waals surface area contributed by atoms with Crippen LogP contribution in [0.2, 0.25) is 0 Å². The average Bonchev–Trinajstić information content (AvgIpc) is 3.00. The van der Waals surface area contributed by atoms with Gasteiger partial charge in [0.2, 0.25) is 0 Å². The van der Waals surface area contributed by atoms with Crippen LogP contribution in [0.4, 0.5) is 5.13 Å². The maximum absolute atomic E-state index is 13.1. The number of para-hydroxylation sites is 1. The van der Waals surface area contributed by atoms with Gasteiger partial charge in [-0.15, -0.1) is 12.4 Å². The second kappa shape index (κ2) is 8.62. The largest absolute Gasteiger partial charge is 0.308 e. The standard InChI is InChI=1S/C20H23N3OS.ClH/c1-14-8-10-16(11-9-14)19(24)23(13-12-22(3)4)20-21-18-15(2)6-5-7-17(18)25-20;/h5-11H,12-13H2,1-4H3;1H. The SMILES string of the molecule is Cc1ccc(C(=O)N(CCN(C)C)c2nc3c(C)cccc3s2)cc1.Cl. The molecule has 0 fully saturated rings. The Labute approximate surface area is 164 Å². The molecule has 1 amide bonds. The first kappa shape index (κ1) is 20.4. The zero-order valence-corrected chi connectivity index (χ0v) is 17.2. The van der Waals surface area contributed by atoms with Gasteiger partial charge < -0.3 is 4.90 Å². The Balaban J connectivity index is 0.00000243. The van der Waals surface area contributed by atoms with Crippen molar-refractivity contribution in [3.05, 3.63) is 59.2 Å². The lowest BCUT2D eigenvalue weighted by Crippen LogP contribution is -2.36. The van der Waals surface area contributed by atoms with Crippen molar-refractivity contribution in [2.75, 3.05) is 32.1 Å². The highest BCUT2D eigenvalue weighted by Gasteiger charge is 2.21. The fourth-order valence-corrected chi connectivity index (χ4v) is 3.69. The molecule has 1 aromatic heterocycles. The molecule has 0 aliphatic heterocycles. The number of hydrogen-bond acceptors (Lipinski definition) is 4. The number of nitrogens with zero attached hydrogens (tertiary/aromatic N) is 3. The predicted molar refractivity (Wildman–Crippen MR) is 113 cm³/mol. The van der Waals surface area contributed by atoms with E-state index in [2.05, 4.69) is 24.0 Å². The molecular formula is C20H24ClN3OS. The van der Waals surface area contributed by atoms with Crippen LogP contribution in [0.25, 0.3) is 10.2 Å². The number of fused-ring (bicyclic) bond motifs is 1. The third kappa shape index (κ3) is 4.41. The fraction of sp³-hybridized carbons (Fsp3) is 0.300. The summed E-state index contributed by atoms with van der Waals surface area (Å²) in [6.45, 7) is 5.47. The Morgan fingerprint density at radius 1 is 1.04 bits per heavy atom. The molecule has 4 nitrogen and oxygen atoms in total. The molecule has 0 radical (unpaired) electrons. The molecule has 0 saturated heterocycles. The third-order valence-corrected chi connectivity index (χ3v) is 5.20. The number of likely N-dealkylation sites (N-methyl/N-ethyl adjacent to an activating group) is 1. The number of carbonyl (C=O) groups is 1. The van der Waals surface area contributed by atoms with Crippen molar-refractivity contribution < 1.29 is 4.79 Å². The third-order valence-electron chi connectivity index (χ3n) is 4.15. The number of anilines is 1.